The number of carbonyl (C=O) groups is 2. The Morgan fingerprint density at radius 2 is 2.08 bits per heavy atom. The average Bonchev–Trinajstić information content (AvgIpc) is 3.68. The van der Waals surface area contributed by atoms with E-state index in [4.69, 9.17) is 4.98 Å². The number of nitrogens with zero attached hydrogens (tertiary/aromatic N) is 4. The van der Waals surface area contributed by atoms with Gasteiger partial charge in [0.25, 0.3) is 5.91 Å². The van der Waals surface area contributed by atoms with Crippen molar-refractivity contribution < 1.29 is 14.0 Å². The van der Waals surface area contributed by atoms with Crippen LogP contribution in [0.2, 0.25) is 0 Å². The van der Waals surface area contributed by atoms with Crippen molar-refractivity contribution in [2.24, 2.45) is 5.92 Å². The molecule has 1 atom stereocenters. The van der Waals surface area contributed by atoms with E-state index in [2.05, 4.69) is 42.1 Å². The lowest BCUT2D eigenvalue weighted by atomic mass is 10.1. The zero-order valence-corrected chi connectivity index (χ0v) is 23.5. The molecule has 3 aromatic heterocycles. The molecule has 2 N–H and O–H groups in total. The molecule has 0 spiro atoms. The Morgan fingerprint density at radius 3 is 2.85 bits per heavy atom. The molecule has 1 aliphatic heterocycles. The van der Waals surface area contributed by atoms with Gasteiger partial charge < -0.3 is 14.8 Å². The molecule has 1 fully saturated rings. The molecule has 2 amide bonds. The molecule has 1 aliphatic rings. The molecule has 5 rings (SSSR count). The molecule has 1 saturated heterocycles. The summed E-state index contributed by atoms with van der Waals surface area (Å²) >= 11 is 1.27. The number of hydrogen-bond donors (Lipinski definition) is 2. The van der Waals surface area contributed by atoms with Crippen LogP contribution in [0.1, 0.15) is 41.9 Å². The highest BCUT2D eigenvalue weighted by atomic mass is 32.1. The second kappa shape index (κ2) is 12.1. The lowest BCUT2D eigenvalue weighted by molar-refractivity contribution is -0.126. The Bertz CT molecular complexity index is 1540. The van der Waals surface area contributed by atoms with Gasteiger partial charge in [0, 0.05) is 36.8 Å². The van der Waals surface area contributed by atoms with Crippen LogP contribution in [0.4, 0.5) is 10.3 Å². The van der Waals surface area contributed by atoms with Gasteiger partial charge in [-0.1, -0.05) is 26.5 Å². The number of rotatable bonds is 10. The van der Waals surface area contributed by atoms with Gasteiger partial charge in [0.1, 0.15) is 0 Å². The van der Waals surface area contributed by atoms with Crippen molar-refractivity contribution in [3.05, 3.63) is 77.7 Å². The fourth-order valence-electron chi connectivity index (χ4n) is 5.05. The molecule has 208 valence electrons. The lowest BCUT2D eigenvalue weighted by Gasteiger charge is -2.24. The van der Waals surface area contributed by atoms with Crippen LogP contribution < -0.4 is 10.6 Å². The van der Waals surface area contributed by atoms with Gasteiger partial charge in [0.15, 0.2) is 0 Å². The highest BCUT2D eigenvalue weighted by molar-refractivity contribution is 7.17. The second-order valence-corrected chi connectivity index (χ2v) is 11.5. The number of anilines is 1. The summed E-state index contributed by atoms with van der Waals surface area (Å²) in [5, 5.41) is 6.46. The van der Waals surface area contributed by atoms with Crippen LogP contribution in [0.3, 0.4) is 0 Å². The average molecular weight is 561 g/mol. The van der Waals surface area contributed by atoms with Crippen LogP contribution in [0.15, 0.2) is 61.3 Å². The minimum absolute atomic E-state index is 0.0270. The van der Waals surface area contributed by atoms with Crippen LogP contribution >= 0.6 is 11.3 Å². The Kier molecular flexibility index (Phi) is 8.37. The minimum atomic E-state index is -0.569. The third kappa shape index (κ3) is 6.13. The van der Waals surface area contributed by atoms with E-state index in [0.717, 1.165) is 47.4 Å². The van der Waals surface area contributed by atoms with Crippen molar-refractivity contribution in [2.75, 3.05) is 18.4 Å². The minimum Gasteiger partial charge on any atom is -0.334 e. The molecule has 0 aliphatic carbocycles. The molecule has 8 nitrogen and oxygen atoms in total. The van der Waals surface area contributed by atoms with Crippen molar-refractivity contribution >= 4 is 40.1 Å². The first-order valence-corrected chi connectivity index (χ1v) is 14.3. The summed E-state index contributed by atoms with van der Waals surface area (Å²) in [4.78, 5) is 37.3. The number of pyridine rings is 1. The number of thiophene rings is 1. The maximum atomic E-state index is 13.6. The summed E-state index contributed by atoms with van der Waals surface area (Å²) < 4.78 is 15.6. The van der Waals surface area contributed by atoms with Crippen LogP contribution in [-0.4, -0.2) is 50.4 Å². The van der Waals surface area contributed by atoms with E-state index in [0.29, 0.717) is 35.4 Å². The van der Waals surface area contributed by atoms with E-state index >= 15 is 0 Å². The summed E-state index contributed by atoms with van der Waals surface area (Å²) in [6.45, 7) is 10.8. The Morgan fingerprint density at radius 1 is 1.23 bits per heavy atom. The molecule has 1 aromatic carbocycles. The van der Waals surface area contributed by atoms with E-state index < -0.39 is 5.95 Å². The second-order valence-electron chi connectivity index (χ2n) is 10.4. The van der Waals surface area contributed by atoms with Gasteiger partial charge in [-0.05, 0) is 72.8 Å². The number of benzene rings is 1. The molecular formula is C30H33FN6O2S. The normalized spacial score (nSPS) is 15.2. The van der Waals surface area contributed by atoms with Gasteiger partial charge in [-0.2, -0.15) is 4.39 Å². The monoisotopic (exact) mass is 560 g/mol. The zero-order valence-electron chi connectivity index (χ0n) is 22.7. The standard InChI is InChI=1S/C30H33FN6O2S/c1-4-28(38)36-13-5-6-22(36)18-37-24-8-7-20(17-32-16-19(2)3)14-23(24)34-30(37)35-29(39)26-10-9-25(40-26)21-11-12-33-27(31)15-21/h4,7-12,14-15,19,22,32H,1,5-6,13,16-18H2,2-3H3,(H,34,35,39)/t22-/m1/s1. The lowest BCUT2D eigenvalue weighted by Crippen LogP contribution is -2.37. The number of fused-ring (bicyclic) bond motifs is 1. The molecular weight excluding hydrogens is 527 g/mol. The maximum Gasteiger partial charge on any atom is 0.268 e. The molecule has 0 unspecified atom stereocenters. The summed E-state index contributed by atoms with van der Waals surface area (Å²) in [6.07, 6.45) is 4.54. The summed E-state index contributed by atoms with van der Waals surface area (Å²) in [6, 6.07) is 12.7. The van der Waals surface area contributed by atoms with E-state index in [1.165, 1.54) is 29.7 Å². The van der Waals surface area contributed by atoms with Crippen molar-refractivity contribution in [3.8, 4) is 10.4 Å². The van der Waals surface area contributed by atoms with Crippen molar-refractivity contribution in [2.45, 2.75) is 45.8 Å². The molecule has 4 aromatic rings. The Labute approximate surface area is 236 Å². The molecule has 10 heteroatoms. The van der Waals surface area contributed by atoms with Crippen LogP contribution in [0.25, 0.3) is 21.5 Å². The van der Waals surface area contributed by atoms with E-state index in [1.54, 1.807) is 18.2 Å². The number of amides is 2. The Hall–Kier alpha value is -3.89. The first-order chi connectivity index (χ1) is 19.3. The topological polar surface area (TPSA) is 92.2 Å². The number of halogens is 1. The van der Waals surface area contributed by atoms with Gasteiger partial charge in [-0.3, -0.25) is 14.9 Å². The smallest absolute Gasteiger partial charge is 0.268 e. The number of likely N-dealkylation sites (tertiary alicyclic amines) is 1. The zero-order chi connectivity index (χ0) is 28.2. The number of carbonyl (C=O) groups excluding carboxylic acids is 2. The molecule has 0 radical (unpaired) electrons. The van der Waals surface area contributed by atoms with E-state index in [-0.39, 0.29) is 17.9 Å². The fraction of sp³-hybridized carbons (Fsp3) is 0.333. The van der Waals surface area contributed by atoms with Gasteiger partial charge in [0.05, 0.1) is 22.0 Å². The third-order valence-corrected chi connectivity index (χ3v) is 8.12. The molecule has 0 bridgehead atoms. The Balaban J connectivity index is 1.43. The number of nitrogens with one attached hydrogen (secondary N) is 2. The van der Waals surface area contributed by atoms with Gasteiger partial charge in [-0.25, -0.2) is 9.97 Å². The van der Waals surface area contributed by atoms with E-state index in [9.17, 15) is 14.0 Å². The predicted octanol–water partition coefficient (Wildman–Crippen LogP) is 5.47. The summed E-state index contributed by atoms with van der Waals surface area (Å²) in [5.74, 6) is 0.0180. The van der Waals surface area contributed by atoms with Gasteiger partial charge in [-0.15, -0.1) is 11.3 Å². The molecule has 40 heavy (non-hydrogen) atoms. The molecule has 4 heterocycles. The quantitative estimate of drug-likeness (QED) is 0.198. The highest BCUT2D eigenvalue weighted by Gasteiger charge is 2.29. The largest absolute Gasteiger partial charge is 0.334 e. The van der Waals surface area contributed by atoms with Crippen LogP contribution in [0, 0.1) is 11.9 Å². The first-order valence-electron chi connectivity index (χ1n) is 13.5. The summed E-state index contributed by atoms with van der Waals surface area (Å²) in [5.41, 5.74) is 3.43. The van der Waals surface area contributed by atoms with Crippen molar-refractivity contribution in [1.29, 1.82) is 0 Å². The maximum absolute atomic E-state index is 13.6. The number of hydrogen-bond acceptors (Lipinski definition) is 6. The molecule has 0 saturated carbocycles. The first kappa shape index (κ1) is 27.7. The predicted molar refractivity (Wildman–Crippen MR) is 157 cm³/mol. The highest BCUT2D eigenvalue weighted by Crippen LogP contribution is 2.30. The van der Waals surface area contributed by atoms with Crippen LogP contribution in [0.5, 0.6) is 0 Å². The SMILES string of the molecule is C=CC(=O)N1CCC[C@@H]1Cn1c(NC(=O)c2ccc(-c3ccnc(F)c3)s2)nc2cc(CNCC(C)C)ccc21. The fourth-order valence-corrected chi connectivity index (χ4v) is 5.95. The third-order valence-electron chi connectivity index (χ3n) is 6.99. The van der Waals surface area contributed by atoms with Crippen molar-refractivity contribution in [1.82, 2.24) is 24.8 Å². The van der Waals surface area contributed by atoms with Gasteiger partial charge >= 0.3 is 0 Å². The number of imidazole rings is 1. The van der Waals surface area contributed by atoms with Crippen LogP contribution in [-0.2, 0) is 17.9 Å². The van der Waals surface area contributed by atoms with Crippen molar-refractivity contribution in [3.63, 3.8) is 0 Å². The summed E-state index contributed by atoms with van der Waals surface area (Å²) in [7, 11) is 0. The number of aromatic nitrogens is 3. The van der Waals surface area contributed by atoms with Gasteiger partial charge in [0.2, 0.25) is 17.8 Å². The van der Waals surface area contributed by atoms with E-state index in [1.807, 2.05) is 21.6 Å².